The average molecular weight is 288 g/mol. The molecule has 112 valence electrons. The van der Waals surface area contributed by atoms with Crippen molar-refractivity contribution in [2.45, 2.75) is 33.2 Å². The van der Waals surface area contributed by atoms with Crippen molar-refractivity contribution >= 4 is 11.6 Å². The normalized spacial score (nSPS) is 12.0. The Balaban J connectivity index is 2.26. The molecule has 21 heavy (non-hydrogen) atoms. The first-order valence-corrected chi connectivity index (χ1v) is 7.11. The fourth-order valence-electron chi connectivity index (χ4n) is 2.25. The molecule has 0 radical (unpaired) electrons. The number of halogens is 1. The van der Waals surface area contributed by atoms with Crippen LogP contribution in [-0.2, 0) is 6.42 Å². The SMILES string of the molecule is CCc1c(NC)ncnc1NC(C)c1ccc(C)c(F)c1. The van der Waals surface area contributed by atoms with Gasteiger partial charge in [-0.05, 0) is 37.5 Å². The van der Waals surface area contributed by atoms with E-state index in [-0.39, 0.29) is 11.9 Å². The molecule has 0 bridgehead atoms. The number of benzene rings is 1. The molecule has 0 fully saturated rings. The summed E-state index contributed by atoms with van der Waals surface area (Å²) in [5.41, 5.74) is 2.57. The maximum atomic E-state index is 13.7. The van der Waals surface area contributed by atoms with Crippen molar-refractivity contribution in [3.63, 3.8) is 0 Å². The molecule has 1 heterocycles. The number of nitrogens with one attached hydrogen (secondary N) is 2. The zero-order valence-corrected chi connectivity index (χ0v) is 12.9. The molecule has 0 aliphatic heterocycles. The lowest BCUT2D eigenvalue weighted by Gasteiger charge is -2.18. The topological polar surface area (TPSA) is 49.8 Å². The minimum Gasteiger partial charge on any atom is -0.373 e. The molecule has 5 heteroatoms. The summed E-state index contributed by atoms with van der Waals surface area (Å²) in [5, 5.41) is 6.41. The predicted molar refractivity (Wildman–Crippen MR) is 84.1 cm³/mol. The molecule has 0 spiro atoms. The van der Waals surface area contributed by atoms with E-state index in [0.717, 1.165) is 29.2 Å². The number of aromatic nitrogens is 2. The third kappa shape index (κ3) is 3.29. The van der Waals surface area contributed by atoms with Crippen molar-refractivity contribution in [1.82, 2.24) is 9.97 Å². The van der Waals surface area contributed by atoms with Gasteiger partial charge in [0.2, 0.25) is 0 Å². The predicted octanol–water partition coefficient (Wildman–Crippen LogP) is 3.70. The molecule has 0 saturated heterocycles. The summed E-state index contributed by atoms with van der Waals surface area (Å²) < 4.78 is 13.7. The van der Waals surface area contributed by atoms with Gasteiger partial charge in [-0.1, -0.05) is 19.1 Å². The van der Waals surface area contributed by atoms with E-state index in [2.05, 4.69) is 27.5 Å². The zero-order valence-electron chi connectivity index (χ0n) is 12.9. The molecule has 2 rings (SSSR count). The summed E-state index contributed by atoms with van der Waals surface area (Å²) in [4.78, 5) is 8.52. The van der Waals surface area contributed by atoms with Crippen molar-refractivity contribution in [3.05, 3.63) is 47.0 Å². The Morgan fingerprint density at radius 2 is 1.95 bits per heavy atom. The second-order valence-electron chi connectivity index (χ2n) is 5.03. The smallest absolute Gasteiger partial charge is 0.135 e. The van der Waals surface area contributed by atoms with E-state index in [1.54, 1.807) is 19.1 Å². The van der Waals surface area contributed by atoms with Gasteiger partial charge in [0.25, 0.3) is 0 Å². The third-order valence-electron chi connectivity index (χ3n) is 3.58. The molecule has 0 aliphatic rings. The first-order valence-electron chi connectivity index (χ1n) is 7.11. The number of rotatable bonds is 5. The lowest BCUT2D eigenvalue weighted by Crippen LogP contribution is -2.12. The molecular formula is C16H21FN4. The van der Waals surface area contributed by atoms with Crippen LogP contribution in [0.25, 0.3) is 0 Å². The minimum absolute atomic E-state index is 0.0370. The molecule has 0 aliphatic carbocycles. The Kier molecular flexibility index (Phi) is 4.73. The fraction of sp³-hybridized carbons (Fsp3) is 0.375. The average Bonchev–Trinajstić information content (AvgIpc) is 2.49. The summed E-state index contributed by atoms with van der Waals surface area (Å²) in [7, 11) is 1.84. The van der Waals surface area contributed by atoms with Gasteiger partial charge in [0.15, 0.2) is 0 Å². The van der Waals surface area contributed by atoms with Crippen LogP contribution in [0.4, 0.5) is 16.0 Å². The maximum absolute atomic E-state index is 13.7. The van der Waals surface area contributed by atoms with E-state index < -0.39 is 0 Å². The van der Waals surface area contributed by atoms with Crippen molar-refractivity contribution in [2.24, 2.45) is 0 Å². The summed E-state index contributed by atoms with van der Waals surface area (Å²) in [6.45, 7) is 5.81. The third-order valence-corrected chi connectivity index (χ3v) is 3.58. The highest BCUT2D eigenvalue weighted by Gasteiger charge is 2.13. The lowest BCUT2D eigenvalue weighted by molar-refractivity contribution is 0.614. The number of hydrogen-bond acceptors (Lipinski definition) is 4. The first-order chi connectivity index (χ1) is 10.1. The molecule has 1 aromatic carbocycles. The molecule has 1 unspecified atom stereocenters. The Labute approximate surface area is 124 Å². The van der Waals surface area contributed by atoms with Crippen molar-refractivity contribution in [3.8, 4) is 0 Å². The molecule has 1 atom stereocenters. The molecule has 0 saturated carbocycles. The summed E-state index contributed by atoms with van der Waals surface area (Å²) in [6, 6.07) is 5.26. The van der Waals surface area contributed by atoms with Gasteiger partial charge in [0.05, 0.1) is 6.04 Å². The molecule has 0 amide bonds. The number of hydrogen-bond donors (Lipinski definition) is 2. The number of anilines is 2. The van der Waals surface area contributed by atoms with Gasteiger partial charge in [-0.15, -0.1) is 0 Å². The fourth-order valence-corrected chi connectivity index (χ4v) is 2.25. The maximum Gasteiger partial charge on any atom is 0.135 e. The molecule has 1 aromatic heterocycles. The van der Waals surface area contributed by atoms with E-state index >= 15 is 0 Å². The first kappa shape index (κ1) is 15.2. The van der Waals surface area contributed by atoms with Gasteiger partial charge in [-0.2, -0.15) is 0 Å². The standard InChI is InChI=1S/C16H21FN4/c1-5-13-15(18-4)19-9-20-16(13)21-11(3)12-7-6-10(2)14(17)8-12/h6-9,11H,5H2,1-4H3,(H2,18,19,20,21). The second-order valence-corrected chi connectivity index (χ2v) is 5.03. The van der Waals surface area contributed by atoms with Crippen LogP contribution in [0.2, 0.25) is 0 Å². The van der Waals surface area contributed by atoms with Crippen LogP contribution in [0.5, 0.6) is 0 Å². The van der Waals surface area contributed by atoms with E-state index in [9.17, 15) is 4.39 Å². The molecule has 2 aromatic rings. The highest BCUT2D eigenvalue weighted by molar-refractivity contribution is 5.57. The van der Waals surface area contributed by atoms with Crippen molar-refractivity contribution in [1.29, 1.82) is 0 Å². The summed E-state index contributed by atoms with van der Waals surface area (Å²) in [5.74, 6) is 1.41. The van der Waals surface area contributed by atoms with Crippen molar-refractivity contribution in [2.75, 3.05) is 17.7 Å². The van der Waals surface area contributed by atoms with E-state index in [4.69, 9.17) is 0 Å². The molecule has 4 nitrogen and oxygen atoms in total. The monoisotopic (exact) mass is 288 g/mol. The van der Waals surface area contributed by atoms with Gasteiger partial charge in [0.1, 0.15) is 23.8 Å². The Hall–Kier alpha value is -2.17. The van der Waals surface area contributed by atoms with Crippen molar-refractivity contribution < 1.29 is 4.39 Å². The zero-order chi connectivity index (χ0) is 15.4. The van der Waals surface area contributed by atoms with Crippen LogP contribution in [-0.4, -0.2) is 17.0 Å². The molecular weight excluding hydrogens is 267 g/mol. The summed E-state index contributed by atoms with van der Waals surface area (Å²) in [6.07, 6.45) is 2.34. The van der Waals surface area contributed by atoms with Gasteiger partial charge in [0, 0.05) is 12.6 Å². The minimum atomic E-state index is -0.185. The van der Waals surface area contributed by atoms with E-state index in [1.165, 1.54) is 6.33 Å². The quantitative estimate of drug-likeness (QED) is 0.880. The number of nitrogens with zero attached hydrogens (tertiary/aromatic N) is 2. The van der Waals surface area contributed by atoms with Crippen LogP contribution in [0, 0.1) is 12.7 Å². The van der Waals surface area contributed by atoms with E-state index in [0.29, 0.717) is 5.56 Å². The van der Waals surface area contributed by atoms with Crippen LogP contribution >= 0.6 is 0 Å². The molecule has 2 N–H and O–H groups in total. The lowest BCUT2D eigenvalue weighted by atomic mass is 10.1. The van der Waals surface area contributed by atoms with Crippen LogP contribution in [0.3, 0.4) is 0 Å². The second kappa shape index (κ2) is 6.52. The van der Waals surface area contributed by atoms with Gasteiger partial charge in [-0.3, -0.25) is 0 Å². The summed E-state index contributed by atoms with van der Waals surface area (Å²) >= 11 is 0. The van der Waals surface area contributed by atoms with Gasteiger partial charge < -0.3 is 10.6 Å². The van der Waals surface area contributed by atoms with E-state index in [1.807, 2.05) is 20.0 Å². The highest BCUT2D eigenvalue weighted by Crippen LogP contribution is 2.25. The van der Waals surface area contributed by atoms with Crippen LogP contribution in [0.1, 0.15) is 36.6 Å². The largest absolute Gasteiger partial charge is 0.373 e. The van der Waals surface area contributed by atoms with Gasteiger partial charge in [-0.25, -0.2) is 14.4 Å². The Bertz CT molecular complexity index is 628. The highest BCUT2D eigenvalue weighted by atomic mass is 19.1. The number of aryl methyl sites for hydroxylation is 1. The Morgan fingerprint density at radius 3 is 2.57 bits per heavy atom. The van der Waals surface area contributed by atoms with Crippen LogP contribution in [0.15, 0.2) is 24.5 Å². The van der Waals surface area contributed by atoms with Gasteiger partial charge >= 0.3 is 0 Å². The Morgan fingerprint density at radius 1 is 1.24 bits per heavy atom. The van der Waals surface area contributed by atoms with Crippen LogP contribution < -0.4 is 10.6 Å².